The first-order valence-electron chi connectivity index (χ1n) is 8.46. The number of fused-ring (bicyclic) bond motifs is 1. The van der Waals surface area contributed by atoms with Crippen LogP contribution in [0.15, 0.2) is 41.0 Å². The number of hydrogen-bond acceptors (Lipinski definition) is 7. The SMILES string of the molecule is COCCNC(=O)COC(=O)c1ccc2c(c1)C(=O)N(Cc1ccco1)C2=O. The Morgan fingerprint density at radius 2 is 1.93 bits per heavy atom. The molecule has 0 saturated heterocycles. The number of nitrogens with zero attached hydrogens (tertiary/aromatic N) is 1. The van der Waals surface area contributed by atoms with Crippen LogP contribution in [0.3, 0.4) is 0 Å². The fourth-order valence-electron chi connectivity index (χ4n) is 2.68. The summed E-state index contributed by atoms with van der Waals surface area (Å²) in [5, 5.41) is 2.52. The van der Waals surface area contributed by atoms with Crippen molar-refractivity contribution in [2.45, 2.75) is 6.54 Å². The van der Waals surface area contributed by atoms with E-state index in [1.165, 1.54) is 31.6 Å². The van der Waals surface area contributed by atoms with Gasteiger partial charge in [0, 0.05) is 13.7 Å². The first kappa shape index (κ1) is 19.3. The lowest BCUT2D eigenvalue weighted by atomic mass is 10.1. The number of ether oxygens (including phenoxy) is 2. The summed E-state index contributed by atoms with van der Waals surface area (Å²) < 4.78 is 14.9. The highest BCUT2D eigenvalue weighted by Crippen LogP contribution is 2.26. The molecule has 3 rings (SSSR count). The smallest absolute Gasteiger partial charge is 0.338 e. The molecule has 3 amide bonds. The lowest BCUT2D eigenvalue weighted by Gasteiger charge is -2.11. The van der Waals surface area contributed by atoms with Gasteiger partial charge in [-0.1, -0.05) is 0 Å². The average molecular weight is 386 g/mol. The molecule has 0 fully saturated rings. The number of furan rings is 1. The van der Waals surface area contributed by atoms with Crippen molar-refractivity contribution in [2.24, 2.45) is 0 Å². The molecule has 9 heteroatoms. The van der Waals surface area contributed by atoms with Crippen LogP contribution >= 0.6 is 0 Å². The third kappa shape index (κ3) is 4.09. The largest absolute Gasteiger partial charge is 0.467 e. The van der Waals surface area contributed by atoms with E-state index in [-0.39, 0.29) is 23.2 Å². The van der Waals surface area contributed by atoms with Crippen LogP contribution in [0.25, 0.3) is 0 Å². The Kier molecular flexibility index (Phi) is 5.85. The number of hydrogen-bond donors (Lipinski definition) is 1. The zero-order chi connectivity index (χ0) is 20.1. The topological polar surface area (TPSA) is 115 Å². The van der Waals surface area contributed by atoms with Gasteiger partial charge in [0.25, 0.3) is 17.7 Å². The fraction of sp³-hybridized carbons (Fsp3) is 0.263. The van der Waals surface area contributed by atoms with Crippen molar-refractivity contribution in [3.8, 4) is 0 Å². The number of methoxy groups -OCH3 is 1. The van der Waals surface area contributed by atoms with Crippen molar-refractivity contribution in [2.75, 3.05) is 26.9 Å². The first-order valence-corrected chi connectivity index (χ1v) is 8.46. The molecule has 1 N–H and O–H groups in total. The molecule has 0 atom stereocenters. The van der Waals surface area contributed by atoms with Crippen LogP contribution in [-0.4, -0.2) is 55.5 Å². The minimum absolute atomic E-state index is 0.000766. The van der Waals surface area contributed by atoms with Gasteiger partial charge in [0.1, 0.15) is 5.76 Å². The number of imide groups is 1. The molecule has 1 aromatic carbocycles. The van der Waals surface area contributed by atoms with Gasteiger partial charge in [0.05, 0.1) is 36.1 Å². The van der Waals surface area contributed by atoms with E-state index in [0.717, 1.165) is 4.90 Å². The van der Waals surface area contributed by atoms with Crippen molar-refractivity contribution < 1.29 is 33.1 Å². The maximum Gasteiger partial charge on any atom is 0.338 e. The minimum atomic E-state index is -0.769. The van der Waals surface area contributed by atoms with Crippen LogP contribution in [0.5, 0.6) is 0 Å². The highest BCUT2D eigenvalue weighted by Gasteiger charge is 2.36. The van der Waals surface area contributed by atoms with Gasteiger partial charge in [-0.25, -0.2) is 4.79 Å². The Morgan fingerprint density at radius 3 is 2.64 bits per heavy atom. The van der Waals surface area contributed by atoms with Gasteiger partial charge in [-0.15, -0.1) is 0 Å². The second-order valence-electron chi connectivity index (χ2n) is 5.96. The summed E-state index contributed by atoms with van der Waals surface area (Å²) in [7, 11) is 1.50. The van der Waals surface area contributed by atoms with Crippen LogP contribution in [-0.2, 0) is 20.8 Å². The van der Waals surface area contributed by atoms with E-state index in [1.807, 2.05) is 0 Å². The standard InChI is InChI=1S/C19H18N2O7/c1-26-8-6-20-16(22)11-28-19(25)12-4-5-14-15(9-12)18(24)21(17(14)23)10-13-3-2-7-27-13/h2-5,7,9H,6,8,10-11H2,1H3,(H,20,22). The van der Waals surface area contributed by atoms with Gasteiger partial charge in [-0.2, -0.15) is 0 Å². The lowest BCUT2D eigenvalue weighted by molar-refractivity contribution is -0.124. The predicted molar refractivity (Wildman–Crippen MR) is 94.5 cm³/mol. The van der Waals surface area contributed by atoms with Gasteiger partial charge in [0.2, 0.25) is 0 Å². The molecular formula is C19H18N2O7. The summed E-state index contributed by atoms with van der Waals surface area (Å²) in [4.78, 5) is 49.8. The summed E-state index contributed by atoms with van der Waals surface area (Å²) in [6, 6.07) is 7.39. The van der Waals surface area contributed by atoms with Gasteiger partial charge in [-0.05, 0) is 30.3 Å². The second kappa shape index (κ2) is 8.49. The second-order valence-corrected chi connectivity index (χ2v) is 5.96. The third-order valence-electron chi connectivity index (χ3n) is 4.06. The van der Waals surface area contributed by atoms with Crippen LogP contribution in [0, 0.1) is 0 Å². The van der Waals surface area contributed by atoms with Gasteiger partial charge in [0.15, 0.2) is 6.61 Å². The molecule has 0 spiro atoms. The van der Waals surface area contributed by atoms with Gasteiger partial charge < -0.3 is 19.2 Å². The third-order valence-corrected chi connectivity index (χ3v) is 4.06. The molecule has 0 saturated carbocycles. The number of carbonyl (C=O) groups excluding carboxylic acids is 4. The Morgan fingerprint density at radius 1 is 1.14 bits per heavy atom. The van der Waals surface area contributed by atoms with E-state index in [9.17, 15) is 19.2 Å². The number of esters is 1. The zero-order valence-electron chi connectivity index (χ0n) is 15.1. The van der Waals surface area contributed by atoms with E-state index >= 15 is 0 Å². The maximum absolute atomic E-state index is 12.6. The summed E-state index contributed by atoms with van der Waals surface area (Å²) in [6.07, 6.45) is 1.45. The normalized spacial score (nSPS) is 12.8. The molecule has 146 valence electrons. The minimum Gasteiger partial charge on any atom is -0.467 e. The molecule has 0 bridgehead atoms. The first-order chi connectivity index (χ1) is 13.5. The Hall–Kier alpha value is -3.46. The molecular weight excluding hydrogens is 368 g/mol. The molecule has 2 heterocycles. The molecule has 1 aromatic heterocycles. The Bertz CT molecular complexity index is 905. The van der Waals surface area contributed by atoms with E-state index in [4.69, 9.17) is 13.9 Å². The quantitative estimate of drug-likeness (QED) is 0.409. The molecule has 0 radical (unpaired) electrons. The van der Waals surface area contributed by atoms with Crippen molar-refractivity contribution in [1.29, 1.82) is 0 Å². The molecule has 28 heavy (non-hydrogen) atoms. The number of benzene rings is 1. The summed E-state index contributed by atoms with van der Waals surface area (Å²) in [5.41, 5.74) is 0.380. The van der Waals surface area contributed by atoms with E-state index < -0.39 is 30.3 Å². The number of nitrogens with one attached hydrogen (secondary N) is 1. The van der Waals surface area contributed by atoms with Gasteiger partial charge in [-0.3, -0.25) is 19.3 Å². The van der Waals surface area contributed by atoms with Gasteiger partial charge >= 0.3 is 5.97 Å². The van der Waals surface area contributed by atoms with Crippen molar-refractivity contribution in [1.82, 2.24) is 10.2 Å². The lowest BCUT2D eigenvalue weighted by Crippen LogP contribution is -2.31. The van der Waals surface area contributed by atoms with Crippen molar-refractivity contribution in [3.05, 3.63) is 59.0 Å². The van der Waals surface area contributed by atoms with Crippen LogP contribution in [0.2, 0.25) is 0 Å². The average Bonchev–Trinajstić information content (AvgIpc) is 3.29. The number of carbonyl (C=O) groups is 4. The van der Waals surface area contributed by atoms with E-state index in [1.54, 1.807) is 12.1 Å². The molecule has 9 nitrogen and oxygen atoms in total. The number of amides is 3. The van der Waals surface area contributed by atoms with Crippen molar-refractivity contribution in [3.63, 3.8) is 0 Å². The highest BCUT2D eigenvalue weighted by molar-refractivity contribution is 6.21. The monoisotopic (exact) mass is 386 g/mol. The summed E-state index contributed by atoms with van der Waals surface area (Å²) in [5.74, 6) is -1.76. The van der Waals surface area contributed by atoms with E-state index in [2.05, 4.69) is 5.32 Å². The zero-order valence-corrected chi connectivity index (χ0v) is 15.1. The molecule has 0 aliphatic carbocycles. The van der Waals surface area contributed by atoms with Crippen LogP contribution in [0.1, 0.15) is 36.8 Å². The maximum atomic E-state index is 12.6. The fourth-order valence-corrected chi connectivity index (χ4v) is 2.68. The Balaban J connectivity index is 1.65. The van der Waals surface area contributed by atoms with Crippen molar-refractivity contribution >= 4 is 23.7 Å². The molecule has 2 aromatic rings. The molecule has 0 unspecified atom stereocenters. The number of rotatable bonds is 8. The van der Waals surface area contributed by atoms with Crippen LogP contribution < -0.4 is 5.32 Å². The summed E-state index contributed by atoms with van der Waals surface area (Å²) in [6.45, 7) is 0.181. The van der Waals surface area contributed by atoms with Crippen LogP contribution in [0.4, 0.5) is 0 Å². The molecule has 1 aliphatic rings. The molecule has 1 aliphatic heterocycles. The van der Waals surface area contributed by atoms with E-state index in [0.29, 0.717) is 18.9 Å². The highest BCUT2D eigenvalue weighted by atomic mass is 16.5. The predicted octanol–water partition coefficient (Wildman–Crippen LogP) is 0.995. The Labute approximate surface area is 160 Å². The summed E-state index contributed by atoms with van der Waals surface area (Å²) >= 11 is 0.